The largest absolute Gasteiger partial charge is 0.490 e. The van der Waals surface area contributed by atoms with Crippen LogP contribution in [0.2, 0.25) is 0 Å². The lowest BCUT2D eigenvalue weighted by Gasteiger charge is -2.15. The van der Waals surface area contributed by atoms with Gasteiger partial charge in [-0.1, -0.05) is 20.8 Å². The number of hydrogen-bond acceptors (Lipinski definition) is 9. The summed E-state index contributed by atoms with van der Waals surface area (Å²) in [5.41, 5.74) is 2.20. The number of hydrazone groups is 1. The quantitative estimate of drug-likeness (QED) is 0.388. The van der Waals surface area contributed by atoms with E-state index in [1.165, 1.54) is 12.3 Å². The third-order valence-electron chi connectivity index (χ3n) is 3.63. The van der Waals surface area contributed by atoms with Crippen LogP contribution in [0.5, 0.6) is 11.5 Å². The first-order chi connectivity index (χ1) is 13.7. The zero-order valence-electron chi connectivity index (χ0n) is 17.0. The molecule has 0 aliphatic heterocycles. The molecule has 0 fully saturated rings. The molecule has 2 N–H and O–H groups in total. The van der Waals surface area contributed by atoms with Crippen LogP contribution in [0.4, 0.5) is 11.6 Å². The highest BCUT2D eigenvalue weighted by Gasteiger charge is 2.22. The lowest BCUT2D eigenvalue weighted by atomic mass is 9.93. The van der Waals surface area contributed by atoms with Crippen molar-refractivity contribution < 1.29 is 14.4 Å². The maximum atomic E-state index is 12.1. The van der Waals surface area contributed by atoms with Gasteiger partial charge < -0.3 is 9.47 Å². The summed E-state index contributed by atoms with van der Waals surface area (Å²) in [6.07, 6.45) is 1.34. The number of nitro groups is 1. The topological polar surface area (TPSA) is 145 Å². The van der Waals surface area contributed by atoms with Crippen molar-refractivity contribution in [1.29, 1.82) is 0 Å². The minimum absolute atomic E-state index is 0.0460. The second-order valence-electron chi connectivity index (χ2n) is 6.96. The van der Waals surface area contributed by atoms with Crippen LogP contribution in [-0.4, -0.2) is 39.5 Å². The van der Waals surface area contributed by atoms with E-state index in [2.05, 4.69) is 25.7 Å². The lowest BCUT2D eigenvalue weighted by Crippen LogP contribution is -2.28. The first-order valence-electron chi connectivity index (χ1n) is 9.02. The van der Waals surface area contributed by atoms with Crippen molar-refractivity contribution in [1.82, 2.24) is 15.2 Å². The SMILES string of the molecule is CCOc1cc(/C=N/Nc2nnc(C(C)(C)C)c(=O)[nH]2)cc([N+](=O)[O-])c1OCC. The molecule has 0 saturated heterocycles. The van der Waals surface area contributed by atoms with Gasteiger partial charge in [-0.05, 0) is 19.9 Å². The number of nitrogens with zero attached hydrogens (tertiary/aromatic N) is 4. The normalized spacial score (nSPS) is 11.5. The first-order valence-corrected chi connectivity index (χ1v) is 9.02. The molecule has 0 bridgehead atoms. The van der Waals surface area contributed by atoms with Gasteiger partial charge in [-0.25, -0.2) is 5.43 Å². The number of hydrogen-bond donors (Lipinski definition) is 2. The van der Waals surface area contributed by atoms with Crippen molar-refractivity contribution in [2.75, 3.05) is 18.6 Å². The average molecular weight is 404 g/mol. The number of benzene rings is 1. The lowest BCUT2D eigenvalue weighted by molar-refractivity contribution is -0.385. The molecule has 0 amide bonds. The van der Waals surface area contributed by atoms with Gasteiger partial charge in [-0.2, -0.15) is 5.10 Å². The van der Waals surface area contributed by atoms with Crippen molar-refractivity contribution in [2.24, 2.45) is 5.10 Å². The van der Waals surface area contributed by atoms with Crippen LogP contribution >= 0.6 is 0 Å². The second-order valence-corrected chi connectivity index (χ2v) is 6.96. The Balaban J connectivity index is 2.29. The molecule has 0 aliphatic rings. The number of H-pyrrole nitrogens is 1. The Morgan fingerprint density at radius 2 is 1.93 bits per heavy atom. The van der Waals surface area contributed by atoms with Gasteiger partial charge in [-0.15, -0.1) is 10.2 Å². The molecule has 0 radical (unpaired) electrons. The summed E-state index contributed by atoms with van der Waals surface area (Å²) in [4.78, 5) is 25.5. The number of aromatic amines is 1. The summed E-state index contributed by atoms with van der Waals surface area (Å²) in [5.74, 6) is 0.356. The number of anilines is 1. The molecule has 0 unspecified atom stereocenters. The van der Waals surface area contributed by atoms with Gasteiger partial charge in [0.2, 0.25) is 11.7 Å². The third kappa shape index (κ3) is 5.50. The molecular formula is C18H24N6O5. The maximum absolute atomic E-state index is 12.1. The van der Waals surface area contributed by atoms with E-state index in [1.807, 2.05) is 20.8 Å². The first kappa shape index (κ1) is 21.8. The minimum Gasteiger partial charge on any atom is -0.490 e. The second kappa shape index (κ2) is 9.13. The Hall–Kier alpha value is -3.50. The molecule has 0 saturated carbocycles. The van der Waals surface area contributed by atoms with Crippen LogP contribution in [0.15, 0.2) is 22.0 Å². The number of rotatable bonds is 8. The molecule has 1 aromatic carbocycles. The fourth-order valence-corrected chi connectivity index (χ4v) is 2.42. The van der Waals surface area contributed by atoms with Gasteiger partial charge in [0.25, 0.3) is 5.56 Å². The predicted molar refractivity (Wildman–Crippen MR) is 108 cm³/mol. The molecule has 1 aromatic heterocycles. The number of ether oxygens (including phenoxy) is 2. The summed E-state index contributed by atoms with van der Waals surface area (Å²) >= 11 is 0. The van der Waals surface area contributed by atoms with Crippen molar-refractivity contribution in [3.8, 4) is 11.5 Å². The number of nitrogens with one attached hydrogen (secondary N) is 2. The van der Waals surface area contributed by atoms with E-state index >= 15 is 0 Å². The fourth-order valence-electron chi connectivity index (χ4n) is 2.42. The van der Waals surface area contributed by atoms with Crippen LogP contribution in [-0.2, 0) is 5.41 Å². The molecule has 0 aliphatic carbocycles. The highest BCUT2D eigenvalue weighted by atomic mass is 16.6. The van der Waals surface area contributed by atoms with Gasteiger partial charge >= 0.3 is 5.69 Å². The van der Waals surface area contributed by atoms with Crippen molar-refractivity contribution in [2.45, 2.75) is 40.0 Å². The Labute approximate surface area is 167 Å². The molecule has 0 spiro atoms. The maximum Gasteiger partial charge on any atom is 0.315 e. The Kier molecular flexibility index (Phi) is 6.86. The highest BCUT2D eigenvalue weighted by molar-refractivity contribution is 5.83. The van der Waals surface area contributed by atoms with E-state index in [0.717, 1.165) is 0 Å². The van der Waals surface area contributed by atoms with Gasteiger partial charge in [0, 0.05) is 17.0 Å². The molecule has 1 heterocycles. The van der Waals surface area contributed by atoms with E-state index < -0.39 is 10.3 Å². The van der Waals surface area contributed by atoms with E-state index in [1.54, 1.807) is 19.9 Å². The molecule has 11 nitrogen and oxygen atoms in total. The molecule has 11 heteroatoms. The Morgan fingerprint density at radius 1 is 1.24 bits per heavy atom. The number of nitro benzene ring substituents is 1. The number of aromatic nitrogens is 3. The van der Waals surface area contributed by atoms with Crippen molar-refractivity contribution >= 4 is 17.9 Å². The summed E-state index contributed by atoms with van der Waals surface area (Å²) < 4.78 is 10.8. The van der Waals surface area contributed by atoms with Gasteiger partial charge in [0.1, 0.15) is 5.69 Å². The zero-order chi connectivity index (χ0) is 21.6. The van der Waals surface area contributed by atoms with Crippen LogP contribution in [0.25, 0.3) is 0 Å². The smallest absolute Gasteiger partial charge is 0.315 e. The Morgan fingerprint density at radius 3 is 2.48 bits per heavy atom. The molecule has 29 heavy (non-hydrogen) atoms. The van der Waals surface area contributed by atoms with Crippen LogP contribution in [0.3, 0.4) is 0 Å². The summed E-state index contributed by atoms with van der Waals surface area (Å²) in [5, 5.41) is 23.2. The summed E-state index contributed by atoms with van der Waals surface area (Å²) in [6, 6.07) is 2.89. The van der Waals surface area contributed by atoms with Crippen molar-refractivity contribution in [3.05, 3.63) is 43.9 Å². The molecule has 156 valence electrons. The molecular weight excluding hydrogens is 380 g/mol. The zero-order valence-corrected chi connectivity index (χ0v) is 17.0. The van der Waals surface area contributed by atoms with E-state index in [-0.39, 0.29) is 35.3 Å². The summed E-state index contributed by atoms with van der Waals surface area (Å²) in [6.45, 7) is 9.62. The van der Waals surface area contributed by atoms with Gasteiger partial charge in [-0.3, -0.25) is 19.9 Å². The minimum atomic E-state index is -0.549. The highest BCUT2D eigenvalue weighted by Crippen LogP contribution is 2.38. The predicted octanol–water partition coefficient (Wildman–Crippen LogP) is 2.61. The Bertz CT molecular complexity index is 964. The monoisotopic (exact) mass is 404 g/mol. The van der Waals surface area contributed by atoms with Crippen LogP contribution in [0.1, 0.15) is 45.9 Å². The van der Waals surface area contributed by atoms with Crippen molar-refractivity contribution in [3.63, 3.8) is 0 Å². The molecule has 2 aromatic rings. The van der Waals surface area contributed by atoms with E-state index in [4.69, 9.17) is 9.47 Å². The van der Waals surface area contributed by atoms with Crippen LogP contribution < -0.4 is 20.5 Å². The molecule has 2 rings (SSSR count). The van der Waals surface area contributed by atoms with Gasteiger partial charge in [0.05, 0.1) is 24.4 Å². The van der Waals surface area contributed by atoms with Crippen LogP contribution in [0, 0.1) is 10.1 Å². The third-order valence-corrected chi connectivity index (χ3v) is 3.63. The average Bonchev–Trinajstić information content (AvgIpc) is 2.62. The molecule has 0 atom stereocenters. The fraction of sp³-hybridized carbons (Fsp3) is 0.444. The van der Waals surface area contributed by atoms with E-state index in [9.17, 15) is 14.9 Å². The summed E-state index contributed by atoms with van der Waals surface area (Å²) in [7, 11) is 0. The van der Waals surface area contributed by atoms with Gasteiger partial charge in [0.15, 0.2) is 5.75 Å². The van der Waals surface area contributed by atoms with E-state index in [0.29, 0.717) is 17.9 Å². The standard InChI is InChI=1S/C18H24N6O5/c1-6-28-13-9-11(8-12(24(26)27)14(13)29-7-2)10-19-22-17-20-16(25)15(21-23-17)18(3,4)5/h8-10H,6-7H2,1-5H3,(H2,20,22,23,25)/b19-10+.